The topological polar surface area (TPSA) is 65.9 Å². The molecule has 26 heavy (non-hydrogen) atoms. The van der Waals surface area contributed by atoms with Gasteiger partial charge in [-0.3, -0.25) is 0 Å². The molecule has 0 aliphatic rings. The van der Waals surface area contributed by atoms with E-state index in [4.69, 9.17) is 4.74 Å². The number of guanidine groups is 1. The summed E-state index contributed by atoms with van der Waals surface area (Å²) in [6.45, 7) is 4.59. The Bertz CT molecular complexity index is 781. The van der Waals surface area contributed by atoms with Crippen molar-refractivity contribution in [1.29, 1.82) is 0 Å². The Labute approximate surface area is 151 Å². The maximum Gasteiger partial charge on any atom is 0.192 e. The third-order valence-corrected chi connectivity index (χ3v) is 3.84. The normalized spacial score (nSPS) is 12.6. The van der Waals surface area contributed by atoms with Crippen LogP contribution < -0.4 is 15.4 Å². The number of hydrogen-bond acceptors (Lipinski definition) is 3. The van der Waals surface area contributed by atoms with Gasteiger partial charge in [-0.05, 0) is 49.7 Å². The van der Waals surface area contributed by atoms with E-state index in [2.05, 4.69) is 15.6 Å². The number of aromatic hydroxyl groups is 1. The van der Waals surface area contributed by atoms with Crippen LogP contribution in [-0.2, 0) is 6.54 Å². The predicted molar refractivity (Wildman–Crippen MR) is 97.4 cm³/mol. The van der Waals surface area contributed by atoms with Crippen molar-refractivity contribution in [3.63, 3.8) is 0 Å². The molecule has 2 rings (SSSR count). The molecule has 0 saturated heterocycles. The first-order valence-electron chi connectivity index (χ1n) is 8.30. The van der Waals surface area contributed by atoms with Crippen LogP contribution in [0.5, 0.6) is 11.5 Å². The summed E-state index contributed by atoms with van der Waals surface area (Å²) in [5.41, 5.74) is 1.21. The number of rotatable bonds is 6. The van der Waals surface area contributed by atoms with E-state index >= 15 is 0 Å². The van der Waals surface area contributed by atoms with Gasteiger partial charge in [-0.25, -0.2) is 13.8 Å². The summed E-state index contributed by atoms with van der Waals surface area (Å²) in [6, 6.07) is 8.41. The van der Waals surface area contributed by atoms with Gasteiger partial charge < -0.3 is 20.5 Å². The number of phenolic OH excluding ortho intramolecular Hbond substituents is 1. The summed E-state index contributed by atoms with van der Waals surface area (Å²) >= 11 is 0. The molecule has 1 atom stereocenters. The van der Waals surface area contributed by atoms with E-state index in [1.165, 1.54) is 6.07 Å². The first-order chi connectivity index (χ1) is 12.4. The minimum atomic E-state index is -0.889. The molecule has 0 fully saturated rings. The maximum absolute atomic E-state index is 13.4. The molecule has 0 heterocycles. The van der Waals surface area contributed by atoms with Crippen molar-refractivity contribution in [3.8, 4) is 11.5 Å². The molecule has 0 saturated carbocycles. The predicted octanol–water partition coefficient (Wildman–Crippen LogP) is 3.50. The average Bonchev–Trinajstić information content (AvgIpc) is 2.63. The lowest BCUT2D eigenvalue weighted by Crippen LogP contribution is -2.38. The molecule has 7 heteroatoms. The highest BCUT2D eigenvalue weighted by Gasteiger charge is 2.11. The summed E-state index contributed by atoms with van der Waals surface area (Å²) in [5.74, 6) is -0.526. The Morgan fingerprint density at radius 3 is 2.62 bits per heavy atom. The van der Waals surface area contributed by atoms with Gasteiger partial charge in [0.25, 0.3) is 0 Å². The smallest absolute Gasteiger partial charge is 0.192 e. The van der Waals surface area contributed by atoms with Gasteiger partial charge in [0.05, 0.1) is 19.7 Å². The van der Waals surface area contributed by atoms with Gasteiger partial charge in [-0.2, -0.15) is 0 Å². The number of halogens is 2. The number of phenols is 1. The van der Waals surface area contributed by atoms with Crippen LogP contribution in [0.25, 0.3) is 0 Å². The van der Waals surface area contributed by atoms with E-state index in [9.17, 15) is 13.9 Å². The number of hydrogen-bond donors (Lipinski definition) is 3. The molecule has 2 aromatic rings. The van der Waals surface area contributed by atoms with Crippen molar-refractivity contribution >= 4 is 5.96 Å². The molecular formula is C19H23F2N3O2. The van der Waals surface area contributed by atoms with Gasteiger partial charge in [-0.15, -0.1) is 0 Å². The fourth-order valence-corrected chi connectivity index (χ4v) is 2.37. The van der Waals surface area contributed by atoms with Crippen LogP contribution in [0.3, 0.4) is 0 Å². The second-order valence-electron chi connectivity index (χ2n) is 5.73. The van der Waals surface area contributed by atoms with E-state index in [0.29, 0.717) is 29.4 Å². The van der Waals surface area contributed by atoms with Gasteiger partial charge in [-0.1, -0.05) is 6.07 Å². The zero-order valence-corrected chi connectivity index (χ0v) is 15.0. The van der Waals surface area contributed by atoms with E-state index < -0.39 is 11.6 Å². The molecule has 0 spiro atoms. The molecule has 2 aromatic carbocycles. The van der Waals surface area contributed by atoms with Crippen molar-refractivity contribution in [1.82, 2.24) is 10.6 Å². The highest BCUT2D eigenvalue weighted by atomic mass is 19.2. The lowest BCUT2D eigenvalue weighted by Gasteiger charge is -2.18. The Kier molecular flexibility index (Phi) is 6.77. The first kappa shape index (κ1) is 19.5. The lowest BCUT2D eigenvalue weighted by molar-refractivity contribution is 0.411. The number of ether oxygens (including phenoxy) is 1. The molecule has 140 valence electrons. The van der Waals surface area contributed by atoms with Crippen molar-refractivity contribution in [2.75, 3.05) is 13.7 Å². The fourth-order valence-electron chi connectivity index (χ4n) is 2.37. The number of aliphatic imine (C=N–C) groups is 1. The molecule has 0 aliphatic carbocycles. The van der Waals surface area contributed by atoms with Crippen LogP contribution in [-0.4, -0.2) is 24.7 Å². The molecule has 0 bridgehead atoms. The van der Waals surface area contributed by atoms with Crippen LogP contribution >= 0.6 is 0 Å². The van der Waals surface area contributed by atoms with Gasteiger partial charge in [0.1, 0.15) is 11.5 Å². The largest absolute Gasteiger partial charge is 0.508 e. The monoisotopic (exact) mass is 363 g/mol. The summed E-state index contributed by atoms with van der Waals surface area (Å²) in [5, 5.41) is 16.2. The number of benzene rings is 2. The first-order valence-corrected chi connectivity index (χ1v) is 8.30. The second kappa shape index (κ2) is 9.03. The highest BCUT2D eigenvalue weighted by Crippen LogP contribution is 2.23. The molecule has 0 aromatic heterocycles. The van der Waals surface area contributed by atoms with Crippen LogP contribution in [0.15, 0.2) is 41.4 Å². The maximum atomic E-state index is 13.4. The molecule has 0 aliphatic heterocycles. The van der Waals surface area contributed by atoms with Gasteiger partial charge in [0.2, 0.25) is 0 Å². The van der Waals surface area contributed by atoms with Gasteiger partial charge in [0.15, 0.2) is 17.6 Å². The van der Waals surface area contributed by atoms with Gasteiger partial charge >= 0.3 is 0 Å². The Morgan fingerprint density at radius 2 is 1.96 bits per heavy atom. The average molecular weight is 363 g/mol. The summed E-state index contributed by atoms with van der Waals surface area (Å²) < 4.78 is 31.7. The van der Waals surface area contributed by atoms with Crippen molar-refractivity contribution in [3.05, 3.63) is 59.2 Å². The fraction of sp³-hybridized carbons (Fsp3) is 0.316. The Morgan fingerprint density at radius 1 is 1.19 bits per heavy atom. The SMILES string of the molecule is CCNC(=NCc1cc(OC)ccc1O)NC(C)c1ccc(F)c(F)c1. The van der Waals surface area contributed by atoms with E-state index in [0.717, 1.165) is 12.1 Å². The van der Waals surface area contributed by atoms with Crippen molar-refractivity contribution in [2.45, 2.75) is 26.4 Å². The zero-order valence-electron chi connectivity index (χ0n) is 15.0. The quantitative estimate of drug-likeness (QED) is 0.543. The minimum absolute atomic E-state index is 0.124. The summed E-state index contributed by atoms with van der Waals surface area (Å²) in [7, 11) is 1.55. The second-order valence-corrected chi connectivity index (χ2v) is 5.73. The van der Waals surface area contributed by atoms with E-state index in [1.54, 1.807) is 25.3 Å². The summed E-state index contributed by atoms with van der Waals surface area (Å²) in [6.07, 6.45) is 0. The number of nitrogens with one attached hydrogen (secondary N) is 2. The zero-order chi connectivity index (χ0) is 19.1. The van der Waals surface area contributed by atoms with Crippen LogP contribution in [0.2, 0.25) is 0 Å². The molecule has 1 unspecified atom stereocenters. The number of nitrogens with zero attached hydrogens (tertiary/aromatic N) is 1. The Hall–Kier alpha value is -2.83. The molecular weight excluding hydrogens is 340 g/mol. The standard InChI is InChI=1S/C19H23F2N3O2/c1-4-22-19(23-11-14-9-15(26-3)6-8-18(14)25)24-12(2)13-5-7-16(20)17(21)10-13/h5-10,12,25H,4,11H2,1-3H3,(H2,22,23,24). The van der Waals surface area contributed by atoms with Crippen molar-refractivity contribution in [2.24, 2.45) is 4.99 Å². The van der Waals surface area contributed by atoms with Crippen LogP contribution in [0, 0.1) is 11.6 Å². The summed E-state index contributed by atoms with van der Waals surface area (Å²) in [4.78, 5) is 4.44. The van der Waals surface area contributed by atoms with Gasteiger partial charge in [0, 0.05) is 12.1 Å². The van der Waals surface area contributed by atoms with Crippen molar-refractivity contribution < 1.29 is 18.6 Å². The Balaban J connectivity index is 2.14. The highest BCUT2D eigenvalue weighted by molar-refractivity contribution is 5.80. The number of methoxy groups -OCH3 is 1. The molecule has 3 N–H and O–H groups in total. The lowest BCUT2D eigenvalue weighted by atomic mass is 10.1. The van der Waals surface area contributed by atoms with Crippen LogP contribution in [0.1, 0.15) is 31.0 Å². The van der Waals surface area contributed by atoms with E-state index in [1.807, 2.05) is 13.8 Å². The molecule has 0 radical (unpaired) electrons. The third-order valence-electron chi connectivity index (χ3n) is 3.84. The molecule has 5 nitrogen and oxygen atoms in total. The van der Waals surface area contributed by atoms with Crippen LogP contribution in [0.4, 0.5) is 8.78 Å². The third kappa shape index (κ3) is 5.08. The van der Waals surface area contributed by atoms with E-state index in [-0.39, 0.29) is 18.3 Å². The minimum Gasteiger partial charge on any atom is -0.508 e. The molecule has 0 amide bonds.